The molecular weight excluding hydrogens is 442 g/mol. The first-order valence-corrected chi connectivity index (χ1v) is 11.7. The average Bonchev–Trinajstić information content (AvgIpc) is 3.22. The number of amides is 1. The Morgan fingerprint density at radius 2 is 1.87 bits per heavy atom. The lowest BCUT2D eigenvalue weighted by molar-refractivity contribution is -0.119. The number of carbonyl (C=O) groups excluding carboxylic acids is 1. The summed E-state index contributed by atoms with van der Waals surface area (Å²) in [6.07, 6.45) is 1.51. The standard InChI is InChI=1S/C21H20ClN3O3S2/c1-15-5-8-18(12-16(15)2)25(30(27,28)20-9-6-17(22)7-10-20)14-21(26)24-23-13-19-4-3-11-29-19/h3-13H,14H2,1-2H3,(H,24,26)/b23-13-. The second-order valence-corrected chi connectivity index (χ2v) is 9.82. The van der Waals surface area contributed by atoms with E-state index in [-0.39, 0.29) is 4.90 Å². The van der Waals surface area contributed by atoms with Crippen molar-refractivity contribution in [2.24, 2.45) is 5.10 Å². The van der Waals surface area contributed by atoms with Gasteiger partial charge in [-0.25, -0.2) is 13.8 Å². The van der Waals surface area contributed by atoms with E-state index in [1.807, 2.05) is 37.4 Å². The van der Waals surface area contributed by atoms with Gasteiger partial charge in [0.1, 0.15) is 6.54 Å². The van der Waals surface area contributed by atoms with Crippen molar-refractivity contribution in [3.05, 3.63) is 81.0 Å². The summed E-state index contributed by atoms with van der Waals surface area (Å²) in [5.41, 5.74) is 4.72. The maximum atomic E-state index is 13.3. The van der Waals surface area contributed by atoms with Crippen LogP contribution in [0.5, 0.6) is 0 Å². The Morgan fingerprint density at radius 1 is 1.13 bits per heavy atom. The third-order valence-electron chi connectivity index (χ3n) is 4.39. The molecule has 30 heavy (non-hydrogen) atoms. The van der Waals surface area contributed by atoms with Gasteiger partial charge in [-0.3, -0.25) is 9.10 Å². The molecule has 3 aromatic rings. The molecule has 1 N–H and O–H groups in total. The van der Waals surface area contributed by atoms with Crippen LogP contribution in [0, 0.1) is 13.8 Å². The van der Waals surface area contributed by atoms with Crippen LogP contribution in [0.4, 0.5) is 5.69 Å². The first-order chi connectivity index (χ1) is 14.3. The highest BCUT2D eigenvalue weighted by Gasteiger charge is 2.27. The van der Waals surface area contributed by atoms with Crippen molar-refractivity contribution in [1.82, 2.24) is 5.43 Å². The third-order valence-corrected chi connectivity index (χ3v) is 7.24. The molecule has 1 aromatic heterocycles. The molecule has 9 heteroatoms. The smallest absolute Gasteiger partial charge is 0.264 e. The van der Waals surface area contributed by atoms with E-state index in [0.29, 0.717) is 10.7 Å². The van der Waals surface area contributed by atoms with E-state index >= 15 is 0 Å². The second-order valence-electron chi connectivity index (χ2n) is 6.54. The molecule has 0 unspecified atom stereocenters. The summed E-state index contributed by atoms with van der Waals surface area (Å²) in [7, 11) is -4.00. The minimum Gasteiger partial charge on any atom is -0.271 e. The molecule has 0 aliphatic rings. The lowest BCUT2D eigenvalue weighted by atomic mass is 10.1. The zero-order valence-electron chi connectivity index (χ0n) is 16.4. The van der Waals surface area contributed by atoms with Crippen molar-refractivity contribution in [3.63, 3.8) is 0 Å². The number of sulfonamides is 1. The normalized spacial score (nSPS) is 11.6. The van der Waals surface area contributed by atoms with Crippen molar-refractivity contribution in [1.29, 1.82) is 0 Å². The molecule has 2 aromatic carbocycles. The fourth-order valence-electron chi connectivity index (χ4n) is 2.63. The predicted octanol–water partition coefficient (Wildman–Crippen LogP) is 4.36. The molecule has 0 aliphatic carbocycles. The number of thiophene rings is 1. The number of hydrogen-bond acceptors (Lipinski definition) is 5. The van der Waals surface area contributed by atoms with Crippen molar-refractivity contribution in [2.75, 3.05) is 10.8 Å². The number of rotatable bonds is 7. The first kappa shape index (κ1) is 22.0. The van der Waals surface area contributed by atoms with Crippen molar-refractivity contribution in [3.8, 4) is 0 Å². The van der Waals surface area contributed by atoms with Crippen LogP contribution >= 0.6 is 22.9 Å². The van der Waals surface area contributed by atoms with Gasteiger partial charge in [0.25, 0.3) is 15.9 Å². The van der Waals surface area contributed by atoms with Crippen LogP contribution in [0.2, 0.25) is 5.02 Å². The Morgan fingerprint density at radius 3 is 2.50 bits per heavy atom. The molecule has 1 amide bonds. The molecule has 3 rings (SSSR count). The van der Waals surface area contributed by atoms with Crippen molar-refractivity contribution in [2.45, 2.75) is 18.7 Å². The van der Waals surface area contributed by atoms with Gasteiger partial charge in [0.05, 0.1) is 16.8 Å². The highest BCUT2D eigenvalue weighted by atomic mass is 35.5. The van der Waals surface area contributed by atoms with Gasteiger partial charge < -0.3 is 0 Å². The Labute approximate surface area is 184 Å². The summed E-state index contributed by atoms with van der Waals surface area (Å²) in [6.45, 7) is 3.40. The average molecular weight is 462 g/mol. The first-order valence-electron chi connectivity index (χ1n) is 8.98. The van der Waals surface area contributed by atoms with E-state index in [1.54, 1.807) is 12.1 Å². The van der Waals surface area contributed by atoms with Crippen LogP contribution in [0.3, 0.4) is 0 Å². The summed E-state index contributed by atoms with van der Waals surface area (Å²) in [6, 6.07) is 14.8. The van der Waals surface area contributed by atoms with Crippen molar-refractivity contribution >= 4 is 50.8 Å². The Kier molecular flexibility index (Phi) is 6.91. The van der Waals surface area contributed by atoms with E-state index in [2.05, 4.69) is 10.5 Å². The van der Waals surface area contributed by atoms with Gasteiger partial charge >= 0.3 is 0 Å². The minimum atomic E-state index is -4.00. The van der Waals surface area contributed by atoms with Gasteiger partial charge in [-0.05, 0) is 72.8 Å². The molecule has 0 spiro atoms. The van der Waals surface area contributed by atoms with Gasteiger partial charge in [-0.1, -0.05) is 23.7 Å². The molecule has 0 aliphatic heterocycles. The van der Waals surface area contributed by atoms with E-state index in [4.69, 9.17) is 11.6 Å². The maximum Gasteiger partial charge on any atom is 0.264 e. The van der Waals surface area contributed by atoms with Crippen LogP contribution in [0.15, 0.2) is 70.0 Å². The molecule has 0 fully saturated rings. The Bertz CT molecular complexity index is 1160. The zero-order chi connectivity index (χ0) is 21.7. The zero-order valence-corrected chi connectivity index (χ0v) is 18.8. The summed E-state index contributed by atoms with van der Waals surface area (Å²) in [4.78, 5) is 13.4. The van der Waals surface area contributed by atoms with Gasteiger partial charge in [-0.15, -0.1) is 11.3 Å². The maximum absolute atomic E-state index is 13.3. The Hall–Kier alpha value is -2.68. The Balaban J connectivity index is 1.90. The number of halogens is 1. The number of nitrogens with one attached hydrogen (secondary N) is 1. The molecule has 0 saturated carbocycles. The largest absolute Gasteiger partial charge is 0.271 e. The predicted molar refractivity (Wildman–Crippen MR) is 122 cm³/mol. The number of aryl methyl sites for hydroxylation is 2. The highest BCUT2D eigenvalue weighted by molar-refractivity contribution is 7.92. The molecule has 0 radical (unpaired) electrons. The van der Waals surface area contributed by atoms with Crippen LogP contribution in [-0.4, -0.2) is 27.1 Å². The second kappa shape index (κ2) is 9.42. The quantitative estimate of drug-likeness (QED) is 0.419. The monoisotopic (exact) mass is 461 g/mol. The molecule has 1 heterocycles. The van der Waals surface area contributed by atoms with Crippen molar-refractivity contribution < 1.29 is 13.2 Å². The summed E-state index contributed by atoms with van der Waals surface area (Å²) in [5.74, 6) is -0.557. The van der Waals surface area contributed by atoms with Crippen LogP contribution in [-0.2, 0) is 14.8 Å². The molecule has 156 valence electrons. The fraction of sp³-hybridized carbons (Fsp3) is 0.143. The number of carbonyl (C=O) groups is 1. The third kappa shape index (κ3) is 5.27. The lowest BCUT2D eigenvalue weighted by Gasteiger charge is -2.24. The SMILES string of the molecule is Cc1ccc(N(CC(=O)N/N=C\c2cccs2)S(=O)(=O)c2ccc(Cl)cc2)cc1C. The van der Waals surface area contributed by atoms with Gasteiger partial charge in [0, 0.05) is 9.90 Å². The molecule has 0 atom stereocenters. The van der Waals surface area contributed by atoms with Crippen LogP contribution in [0.25, 0.3) is 0 Å². The topological polar surface area (TPSA) is 78.8 Å². The number of anilines is 1. The fourth-order valence-corrected chi connectivity index (χ4v) is 4.75. The van der Waals surface area contributed by atoms with Crippen LogP contribution in [0.1, 0.15) is 16.0 Å². The number of hydrogen-bond donors (Lipinski definition) is 1. The highest BCUT2D eigenvalue weighted by Crippen LogP contribution is 2.26. The van der Waals surface area contributed by atoms with E-state index in [9.17, 15) is 13.2 Å². The van der Waals surface area contributed by atoms with E-state index in [1.165, 1.54) is 41.8 Å². The molecule has 0 saturated heterocycles. The van der Waals surface area contributed by atoms with Crippen LogP contribution < -0.4 is 9.73 Å². The number of nitrogens with zero attached hydrogens (tertiary/aromatic N) is 2. The summed E-state index contributed by atoms with van der Waals surface area (Å²) < 4.78 is 27.7. The van der Waals surface area contributed by atoms with Gasteiger partial charge in [0.2, 0.25) is 0 Å². The molecule has 0 bridgehead atoms. The number of benzene rings is 2. The molecule has 6 nitrogen and oxygen atoms in total. The summed E-state index contributed by atoms with van der Waals surface area (Å²) in [5, 5.41) is 6.22. The van der Waals surface area contributed by atoms with E-state index < -0.39 is 22.5 Å². The summed E-state index contributed by atoms with van der Waals surface area (Å²) >= 11 is 7.37. The number of hydrazone groups is 1. The lowest BCUT2D eigenvalue weighted by Crippen LogP contribution is -2.39. The van der Waals surface area contributed by atoms with Gasteiger partial charge in [-0.2, -0.15) is 5.10 Å². The van der Waals surface area contributed by atoms with Gasteiger partial charge in [0.15, 0.2) is 0 Å². The molecular formula is C21H20ClN3O3S2. The minimum absolute atomic E-state index is 0.0417. The van der Waals surface area contributed by atoms with E-state index in [0.717, 1.165) is 20.3 Å².